The Morgan fingerprint density at radius 3 is 2.16 bits per heavy atom. The Hall–Kier alpha value is -6.01. The van der Waals surface area contributed by atoms with Crippen LogP contribution in [0.4, 0.5) is 19.3 Å². The summed E-state index contributed by atoms with van der Waals surface area (Å²) in [5, 5.41) is 7.63. The summed E-state index contributed by atoms with van der Waals surface area (Å²) in [6, 6.07) is 5.04. The van der Waals surface area contributed by atoms with E-state index in [1.54, 1.807) is 48.8 Å². The van der Waals surface area contributed by atoms with E-state index in [-0.39, 0.29) is 49.3 Å². The van der Waals surface area contributed by atoms with E-state index in [2.05, 4.69) is 16.0 Å². The summed E-state index contributed by atoms with van der Waals surface area (Å²) in [5.74, 6) is -2.02. The van der Waals surface area contributed by atoms with Crippen molar-refractivity contribution in [3.8, 4) is 11.5 Å². The number of ether oxygens (including phenoxy) is 3. The SMILES string of the molecule is CC.CC1CC2C(=O)OC(C)CC(=O)N3CCCC3C(=O)N3CCCCC3C(=O)NC(C)C(=O)N2C1.Cc1cc(F)cc(F)c1.NC(=O)CNC(=O)Nc1ccc2c(c1)OCO2. The van der Waals surface area contributed by atoms with Crippen molar-refractivity contribution in [2.75, 3.05) is 38.3 Å². The standard InChI is InChI=1S/C24H36N4O6.C10H11N3O4.C7H6F2.C2H6/c1-14-11-19-24(33)34-15(2)12-20(29)26-10-6-8-18(26)23(32)27-9-5-4-7-17(27)21(30)25-16(3)22(31)28(19)13-14;11-9(14)4-12-10(15)13-6-1-2-7-8(3-6)17-5-16-7;1-5-2-6(8)4-7(9)3-5;1-2/h14-19H,4-13H2,1-3H3,(H,25,30);1-3H,4-5H2,(H2,11,14)(H2,12,13,15);2-4H,1H3;1-2H3. The van der Waals surface area contributed by atoms with Crippen LogP contribution in [-0.2, 0) is 33.5 Å². The van der Waals surface area contributed by atoms with Gasteiger partial charge in [0.25, 0.3) is 0 Å². The van der Waals surface area contributed by atoms with Crippen LogP contribution in [0.25, 0.3) is 0 Å². The number of urea groups is 1. The molecular weight excluding hydrogens is 813 g/mol. The van der Waals surface area contributed by atoms with Gasteiger partial charge < -0.3 is 50.6 Å². The Kier molecular flexibility index (Phi) is 17.8. The van der Waals surface area contributed by atoms with E-state index in [9.17, 15) is 42.3 Å². The summed E-state index contributed by atoms with van der Waals surface area (Å²) in [7, 11) is 0. The quantitative estimate of drug-likeness (QED) is 0.328. The van der Waals surface area contributed by atoms with Crippen molar-refractivity contribution in [3.63, 3.8) is 0 Å². The number of benzene rings is 2. The monoisotopic (exact) mass is 871 g/mol. The maximum atomic E-state index is 13.5. The van der Waals surface area contributed by atoms with Crippen LogP contribution < -0.4 is 31.2 Å². The predicted molar refractivity (Wildman–Crippen MR) is 222 cm³/mol. The molecule has 6 atom stereocenters. The Morgan fingerprint density at radius 1 is 0.823 bits per heavy atom. The first-order valence-electron chi connectivity index (χ1n) is 21.1. The summed E-state index contributed by atoms with van der Waals surface area (Å²) in [5.41, 5.74) is 6.03. The number of primary amides is 1. The van der Waals surface area contributed by atoms with E-state index >= 15 is 0 Å². The number of hydrogen-bond donors (Lipinski definition) is 4. The van der Waals surface area contributed by atoms with E-state index in [1.165, 1.54) is 17.0 Å². The molecular formula is C43H59F2N7O10. The number of rotatable bonds is 3. The molecule has 4 saturated heterocycles. The number of amides is 7. The van der Waals surface area contributed by atoms with Crippen LogP contribution in [0, 0.1) is 24.5 Å². The molecule has 2 aromatic carbocycles. The van der Waals surface area contributed by atoms with Crippen molar-refractivity contribution in [2.45, 2.75) is 117 Å². The fourth-order valence-corrected chi connectivity index (χ4v) is 7.80. The second-order valence-corrected chi connectivity index (χ2v) is 15.6. The Morgan fingerprint density at radius 2 is 1.48 bits per heavy atom. The number of hydrogen-bond acceptors (Lipinski definition) is 10. The predicted octanol–water partition coefficient (Wildman–Crippen LogP) is 3.76. The number of fused-ring (bicyclic) bond motifs is 4. The van der Waals surface area contributed by atoms with E-state index in [1.807, 2.05) is 20.8 Å². The van der Waals surface area contributed by atoms with Gasteiger partial charge in [-0.3, -0.25) is 24.0 Å². The maximum absolute atomic E-state index is 13.5. The molecule has 7 rings (SSSR count). The largest absolute Gasteiger partial charge is 0.461 e. The number of carbonyl (C=O) groups is 7. The summed E-state index contributed by atoms with van der Waals surface area (Å²) in [6.07, 6.45) is 3.17. The van der Waals surface area contributed by atoms with Crippen molar-refractivity contribution in [1.82, 2.24) is 25.3 Å². The van der Waals surface area contributed by atoms with Gasteiger partial charge in [0.2, 0.25) is 36.3 Å². The second kappa shape index (κ2) is 22.7. The minimum Gasteiger partial charge on any atom is -0.461 e. The van der Waals surface area contributed by atoms with Crippen LogP contribution in [-0.4, -0.2) is 119 Å². The molecule has 0 radical (unpaired) electrons. The number of nitrogens with one attached hydrogen (secondary N) is 3. The Labute approximate surface area is 360 Å². The molecule has 340 valence electrons. The van der Waals surface area contributed by atoms with Crippen molar-refractivity contribution in [3.05, 3.63) is 53.6 Å². The van der Waals surface area contributed by atoms with Crippen molar-refractivity contribution in [1.29, 1.82) is 0 Å². The third-order valence-corrected chi connectivity index (χ3v) is 10.6. The fraction of sp³-hybridized carbons (Fsp3) is 0.558. The average Bonchev–Trinajstić information content (AvgIpc) is 4.00. The molecule has 0 bridgehead atoms. The van der Waals surface area contributed by atoms with Crippen molar-refractivity contribution in [2.24, 2.45) is 11.7 Å². The van der Waals surface area contributed by atoms with Crippen molar-refractivity contribution < 1.29 is 56.6 Å². The first kappa shape index (κ1) is 48.7. The number of anilines is 1. The third-order valence-electron chi connectivity index (χ3n) is 10.6. The van der Waals surface area contributed by atoms with Gasteiger partial charge in [-0.15, -0.1) is 0 Å². The molecule has 5 aliphatic rings. The highest BCUT2D eigenvalue weighted by molar-refractivity contribution is 5.96. The minimum atomic E-state index is -0.832. The highest BCUT2D eigenvalue weighted by atomic mass is 19.1. The Bertz CT molecular complexity index is 1900. The molecule has 4 fully saturated rings. The maximum Gasteiger partial charge on any atom is 0.329 e. The smallest absolute Gasteiger partial charge is 0.329 e. The van der Waals surface area contributed by atoms with E-state index < -0.39 is 59.8 Å². The van der Waals surface area contributed by atoms with E-state index in [0.29, 0.717) is 68.1 Å². The van der Waals surface area contributed by atoms with Crippen molar-refractivity contribution >= 4 is 47.2 Å². The van der Waals surface area contributed by atoms with Crippen LogP contribution >= 0.6 is 0 Å². The summed E-state index contributed by atoms with van der Waals surface area (Å²) >= 11 is 0. The molecule has 62 heavy (non-hydrogen) atoms. The van der Waals surface area contributed by atoms with Gasteiger partial charge in [-0.25, -0.2) is 18.4 Å². The minimum absolute atomic E-state index is 0.0218. The highest BCUT2D eigenvalue weighted by Gasteiger charge is 2.44. The average molecular weight is 872 g/mol. The van der Waals surface area contributed by atoms with Gasteiger partial charge in [-0.05, 0) is 95.0 Å². The van der Waals surface area contributed by atoms with Gasteiger partial charge in [0, 0.05) is 37.5 Å². The van der Waals surface area contributed by atoms with Crippen LogP contribution in [0.5, 0.6) is 11.5 Å². The zero-order valence-corrected chi connectivity index (χ0v) is 36.2. The summed E-state index contributed by atoms with van der Waals surface area (Å²) in [6.45, 7) is 12.2. The lowest BCUT2D eigenvalue weighted by Crippen LogP contribution is -2.59. The topological polar surface area (TPSA) is 219 Å². The molecule has 0 spiro atoms. The lowest BCUT2D eigenvalue weighted by Gasteiger charge is -2.38. The van der Waals surface area contributed by atoms with Crippen LogP contribution in [0.2, 0.25) is 0 Å². The first-order chi connectivity index (χ1) is 29.5. The lowest BCUT2D eigenvalue weighted by atomic mass is 9.99. The van der Waals surface area contributed by atoms with E-state index in [0.717, 1.165) is 18.9 Å². The molecule has 5 aliphatic heterocycles. The number of esters is 1. The van der Waals surface area contributed by atoms with Crippen LogP contribution in [0.1, 0.15) is 85.1 Å². The zero-order valence-electron chi connectivity index (χ0n) is 36.2. The Balaban J connectivity index is 0.000000248. The number of cyclic esters (lactones) is 1. The highest BCUT2D eigenvalue weighted by Crippen LogP contribution is 2.34. The number of nitrogens with two attached hydrogens (primary N) is 1. The van der Waals surface area contributed by atoms with Crippen LogP contribution in [0.15, 0.2) is 36.4 Å². The molecule has 5 N–H and O–H groups in total. The fourth-order valence-electron chi connectivity index (χ4n) is 7.80. The summed E-state index contributed by atoms with van der Waals surface area (Å²) in [4.78, 5) is 92.4. The molecule has 7 amide bonds. The molecule has 0 saturated carbocycles. The molecule has 19 heteroatoms. The molecule has 2 aromatic rings. The number of nitrogens with zero attached hydrogens (tertiary/aromatic N) is 3. The van der Waals surface area contributed by atoms with Crippen LogP contribution in [0.3, 0.4) is 0 Å². The first-order valence-corrected chi connectivity index (χ1v) is 21.1. The lowest BCUT2D eigenvalue weighted by molar-refractivity contribution is -0.160. The molecule has 0 aromatic heterocycles. The van der Waals surface area contributed by atoms with Gasteiger partial charge in [0.05, 0.1) is 13.0 Å². The van der Waals surface area contributed by atoms with Gasteiger partial charge in [-0.1, -0.05) is 20.8 Å². The number of carbonyl (C=O) groups excluding carboxylic acids is 7. The second-order valence-electron chi connectivity index (χ2n) is 15.6. The molecule has 6 unspecified atom stereocenters. The molecule has 17 nitrogen and oxygen atoms in total. The van der Waals surface area contributed by atoms with Gasteiger partial charge >= 0.3 is 12.0 Å². The van der Waals surface area contributed by atoms with E-state index in [4.69, 9.17) is 19.9 Å². The summed E-state index contributed by atoms with van der Waals surface area (Å²) < 4.78 is 40.2. The number of halogens is 2. The van der Waals surface area contributed by atoms with Gasteiger partial charge in [-0.2, -0.15) is 0 Å². The molecule has 5 heterocycles. The zero-order chi connectivity index (χ0) is 45.7. The normalized spacial score (nSPS) is 24.6. The van der Waals surface area contributed by atoms with Gasteiger partial charge in [0.1, 0.15) is 41.9 Å². The number of aryl methyl sites for hydroxylation is 1. The molecule has 0 aliphatic carbocycles. The third kappa shape index (κ3) is 13.2. The van der Waals surface area contributed by atoms with Gasteiger partial charge in [0.15, 0.2) is 11.5 Å². The number of piperidine rings is 1.